The molecule has 1 aromatic carbocycles. The predicted molar refractivity (Wildman–Crippen MR) is 78.6 cm³/mol. The average Bonchev–Trinajstić information content (AvgIpc) is 2.31. The first-order valence-electron chi connectivity index (χ1n) is 6.91. The molecule has 0 radical (unpaired) electrons. The number of aryl methyl sites for hydroxylation is 1. The fourth-order valence-corrected chi connectivity index (χ4v) is 5.05. The number of rotatable bonds is 3. The molecule has 19 heavy (non-hydrogen) atoms. The molecule has 3 unspecified atom stereocenters. The lowest BCUT2D eigenvalue weighted by molar-refractivity contribution is 0.346. The van der Waals surface area contributed by atoms with Gasteiger partial charge in [0, 0.05) is 6.04 Å². The van der Waals surface area contributed by atoms with E-state index >= 15 is 0 Å². The molecule has 3 nitrogen and oxygen atoms in total. The van der Waals surface area contributed by atoms with Crippen molar-refractivity contribution in [3.05, 3.63) is 35.4 Å². The second-order valence-electron chi connectivity index (χ2n) is 5.92. The van der Waals surface area contributed by atoms with Gasteiger partial charge in [-0.25, -0.2) is 8.42 Å². The van der Waals surface area contributed by atoms with E-state index in [0.717, 1.165) is 24.0 Å². The summed E-state index contributed by atoms with van der Waals surface area (Å²) in [5.74, 6) is 0.567. The van der Waals surface area contributed by atoms with Gasteiger partial charge in [-0.2, -0.15) is 0 Å². The van der Waals surface area contributed by atoms with Gasteiger partial charge in [0.05, 0.1) is 11.0 Å². The number of benzene rings is 1. The lowest BCUT2D eigenvalue weighted by Crippen LogP contribution is -2.45. The maximum Gasteiger partial charge on any atom is 0.158 e. The molecule has 0 spiro atoms. The first-order valence-corrected chi connectivity index (χ1v) is 8.63. The molecule has 0 bridgehead atoms. The van der Waals surface area contributed by atoms with Crippen LogP contribution in [0.1, 0.15) is 37.3 Å². The molecule has 0 aromatic heterocycles. The maximum absolute atomic E-state index is 12.5. The zero-order valence-electron chi connectivity index (χ0n) is 11.7. The lowest BCUT2D eigenvalue weighted by atomic mass is 9.87. The molecule has 0 heterocycles. The summed E-state index contributed by atoms with van der Waals surface area (Å²) in [5.41, 5.74) is 7.99. The smallest absolute Gasteiger partial charge is 0.158 e. The highest BCUT2D eigenvalue weighted by Crippen LogP contribution is 2.29. The Morgan fingerprint density at radius 2 is 2.05 bits per heavy atom. The van der Waals surface area contributed by atoms with Crippen molar-refractivity contribution >= 4 is 9.84 Å². The molecule has 2 rings (SSSR count). The second-order valence-corrected chi connectivity index (χ2v) is 8.14. The third-order valence-electron chi connectivity index (χ3n) is 4.02. The van der Waals surface area contributed by atoms with Crippen LogP contribution in [0.3, 0.4) is 0 Å². The van der Waals surface area contributed by atoms with Crippen molar-refractivity contribution in [3.63, 3.8) is 0 Å². The number of sulfone groups is 1. The first kappa shape index (κ1) is 14.5. The third kappa shape index (κ3) is 3.57. The van der Waals surface area contributed by atoms with Crippen LogP contribution in [-0.2, 0) is 15.6 Å². The molecule has 1 aliphatic rings. The van der Waals surface area contributed by atoms with E-state index in [0.29, 0.717) is 12.3 Å². The van der Waals surface area contributed by atoms with Crippen LogP contribution in [0.25, 0.3) is 0 Å². The average molecular weight is 281 g/mol. The second kappa shape index (κ2) is 5.63. The van der Waals surface area contributed by atoms with Gasteiger partial charge < -0.3 is 5.73 Å². The van der Waals surface area contributed by atoms with E-state index in [4.69, 9.17) is 5.73 Å². The highest BCUT2D eigenvalue weighted by Gasteiger charge is 2.35. The van der Waals surface area contributed by atoms with E-state index < -0.39 is 9.84 Å². The molecule has 1 aliphatic carbocycles. The monoisotopic (exact) mass is 281 g/mol. The minimum atomic E-state index is -3.16. The van der Waals surface area contributed by atoms with Gasteiger partial charge in [-0.1, -0.05) is 36.8 Å². The van der Waals surface area contributed by atoms with Crippen molar-refractivity contribution in [1.82, 2.24) is 0 Å². The minimum absolute atomic E-state index is 0.111. The summed E-state index contributed by atoms with van der Waals surface area (Å²) in [6, 6.07) is 7.50. The quantitative estimate of drug-likeness (QED) is 0.925. The van der Waals surface area contributed by atoms with Gasteiger partial charge in [0.15, 0.2) is 9.84 Å². The molecule has 1 fully saturated rings. The zero-order valence-corrected chi connectivity index (χ0v) is 12.5. The van der Waals surface area contributed by atoms with E-state index in [2.05, 4.69) is 6.92 Å². The molecule has 0 saturated heterocycles. The van der Waals surface area contributed by atoms with E-state index in [1.807, 2.05) is 31.2 Å². The third-order valence-corrected chi connectivity index (χ3v) is 6.22. The van der Waals surface area contributed by atoms with Crippen LogP contribution in [-0.4, -0.2) is 19.7 Å². The van der Waals surface area contributed by atoms with E-state index in [9.17, 15) is 8.42 Å². The summed E-state index contributed by atoms with van der Waals surface area (Å²) in [4.78, 5) is 0. The molecule has 4 heteroatoms. The van der Waals surface area contributed by atoms with Crippen LogP contribution >= 0.6 is 0 Å². The molecule has 1 aromatic rings. The maximum atomic E-state index is 12.5. The normalized spacial score (nSPS) is 28.3. The van der Waals surface area contributed by atoms with Crippen LogP contribution in [0.5, 0.6) is 0 Å². The Labute approximate surface area is 116 Å². The molecule has 0 amide bonds. The molecule has 2 N–H and O–H groups in total. The number of nitrogens with two attached hydrogens (primary N) is 1. The molecular formula is C15H23NO2S. The van der Waals surface area contributed by atoms with Crippen molar-refractivity contribution < 1.29 is 8.42 Å². The van der Waals surface area contributed by atoms with Gasteiger partial charge in [-0.05, 0) is 37.7 Å². The van der Waals surface area contributed by atoms with Crippen molar-refractivity contribution in [2.45, 2.75) is 50.2 Å². The Hall–Kier alpha value is -0.870. The molecule has 3 atom stereocenters. The lowest BCUT2D eigenvalue weighted by Gasteiger charge is -2.32. The Kier molecular flexibility index (Phi) is 4.31. The summed E-state index contributed by atoms with van der Waals surface area (Å²) in [6.45, 7) is 4.09. The fraction of sp³-hybridized carbons (Fsp3) is 0.600. The zero-order chi connectivity index (χ0) is 14.0. The summed E-state index contributed by atoms with van der Waals surface area (Å²) < 4.78 is 25.1. The standard InChI is InChI=1S/C15H23NO2S/c1-11-4-3-5-13(8-11)10-19(17,18)15-9-12(2)6-7-14(15)16/h3-5,8,12,14-15H,6-7,9-10,16H2,1-2H3. The predicted octanol–water partition coefficient (Wildman–Crippen LogP) is 2.43. The number of hydrogen-bond donors (Lipinski definition) is 1. The van der Waals surface area contributed by atoms with Crippen molar-refractivity contribution in [1.29, 1.82) is 0 Å². The van der Waals surface area contributed by atoms with E-state index in [1.54, 1.807) is 0 Å². The van der Waals surface area contributed by atoms with Gasteiger partial charge in [0.25, 0.3) is 0 Å². The van der Waals surface area contributed by atoms with Crippen molar-refractivity contribution in [2.24, 2.45) is 11.7 Å². The molecular weight excluding hydrogens is 258 g/mol. The highest BCUT2D eigenvalue weighted by atomic mass is 32.2. The first-order chi connectivity index (χ1) is 8.88. The van der Waals surface area contributed by atoms with Gasteiger partial charge >= 0.3 is 0 Å². The number of hydrogen-bond acceptors (Lipinski definition) is 3. The summed E-state index contributed by atoms with van der Waals surface area (Å²) >= 11 is 0. The van der Waals surface area contributed by atoms with Gasteiger partial charge in [0.2, 0.25) is 0 Å². The van der Waals surface area contributed by atoms with Crippen LogP contribution in [0.15, 0.2) is 24.3 Å². The Morgan fingerprint density at radius 1 is 1.32 bits per heavy atom. The van der Waals surface area contributed by atoms with E-state index in [-0.39, 0.29) is 17.0 Å². The van der Waals surface area contributed by atoms with Gasteiger partial charge in [-0.3, -0.25) is 0 Å². The Bertz CT molecular complexity index is 539. The van der Waals surface area contributed by atoms with E-state index in [1.165, 1.54) is 0 Å². The summed E-state index contributed by atoms with van der Waals surface area (Å²) in [7, 11) is -3.16. The van der Waals surface area contributed by atoms with Crippen LogP contribution in [0, 0.1) is 12.8 Å². The molecule has 106 valence electrons. The SMILES string of the molecule is Cc1cccc(CS(=O)(=O)C2CC(C)CCC2N)c1. The molecule has 0 aliphatic heterocycles. The Balaban J connectivity index is 2.17. The summed E-state index contributed by atoms with van der Waals surface area (Å²) in [6.07, 6.45) is 2.56. The summed E-state index contributed by atoms with van der Waals surface area (Å²) in [5, 5.41) is -0.378. The van der Waals surface area contributed by atoms with Crippen LogP contribution in [0.4, 0.5) is 0 Å². The largest absolute Gasteiger partial charge is 0.327 e. The Morgan fingerprint density at radius 3 is 2.74 bits per heavy atom. The topological polar surface area (TPSA) is 60.2 Å². The van der Waals surface area contributed by atoms with Crippen LogP contribution in [0.2, 0.25) is 0 Å². The van der Waals surface area contributed by atoms with Crippen molar-refractivity contribution in [3.8, 4) is 0 Å². The fourth-order valence-electron chi connectivity index (χ4n) is 2.91. The van der Waals surface area contributed by atoms with Gasteiger partial charge in [0.1, 0.15) is 0 Å². The molecule has 1 saturated carbocycles. The minimum Gasteiger partial charge on any atom is -0.327 e. The van der Waals surface area contributed by atoms with Crippen LogP contribution < -0.4 is 5.73 Å². The highest BCUT2D eigenvalue weighted by molar-refractivity contribution is 7.91. The van der Waals surface area contributed by atoms with Crippen molar-refractivity contribution in [2.75, 3.05) is 0 Å². The van der Waals surface area contributed by atoms with Gasteiger partial charge in [-0.15, -0.1) is 0 Å².